The zero-order valence-corrected chi connectivity index (χ0v) is 16.8. The molecule has 1 aromatic carbocycles. The molecule has 0 amide bonds. The number of piperazine rings is 1. The van der Waals surface area contributed by atoms with Crippen LogP contribution in [-0.4, -0.2) is 71.1 Å². The highest BCUT2D eigenvalue weighted by Crippen LogP contribution is 2.30. The van der Waals surface area contributed by atoms with Crippen molar-refractivity contribution in [2.75, 3.05) is 33.5 Å². The van der Waals surface area contributed by atoms with Crippen molar-refractivity contribution in [3.8, 4) is 0 Å². The van der Waals surface area contributed by atoms with Gasteiger partial charge in [-0.1, -0.05) is 12.1 Å². The third kappa shape index (κ3) is 4.50. The predicted octanol–water partition coefficient (Wildman–Crippen LogP) is 0.612. The van der Waals surface area contributed by atoms with Gasteiger partial charge in [-0.25, -0.2) is 14.2 Å². The van der Waals surface area contributed by atoms with Crippen molar-refractivity contribution in [3.63, 3.8) is 0 Å². The van der Waals surface area contributed by atoms with E-state index >= 15 is 0 Å². The average Bonchev–Trinajstić information content (AvgIpc) is 3.23. The Bertz CT molecular complexity index is 872. The third-order valence-corrected chi connectivity index (χ3v) is 5.27. The van der Waals surface area contributed by atoms with Crippen LogP contribution in [0.5, 0.6) is 0 Å². The van der Waals surface area contributed by atoms with E-state index in [0.717, 1.165) is 5.56 Å². The number of esters is 2. The first-order valence-corrected chi connectivity index (χ1v) is 9.57. The molecule has 3 atom stereocenters. The van der Waals surface area contributed by atoms with E-state index in [4.69, 9.17) is 14.6 Å². The van der Waals surface area contributed by atoms with Gasteiger partial charge >= 0.3 is 11.9 Å². The van der Waals surface area contributed by atoms with Gasteiger partial charge in [-0.05, 0) is 24.6 Å². The largest absolute Gasteiger partial charge is 0.468 e. The van der Waals surface area contributed by atoms with Crippen LogP contribution in [0.25, 0.3) is 0 Å². The van der Waals surface area contributed by atoms with Gasteiger partial charge < -0.3 is 24.5 Å². The van der Waals surface area contributed by atoms with Crippen molar-refractivity contribution in [1.29, 1.82) is 0 Å². The number of carbonyl (C=O) groups excluding carboxylic acids is 2. The number of nitrogens with zero attached hydrogens (tertiary/aromatic N) is 3. The second-order valence-corrected chi connectivity index (χ2v) is 6.93. The molecule has 2 heterocycles. The third-order valence-electron chi connectivity index (χ3n) is 5.27. The summed E-state index contributed by atoms with van der Waals surface area (Å²) in [4.78, 5) is 31.1. The molecule has 2 aromatic rings. The fourth-order valence-electron chi connectivity index (χ4n) is 3.70. The van der Waals surface area contributed by atoms with E-state index in [9.17, 15) is 14.0 Å². The van der Waals surface area contributed by atoms with E-state index in [-0.39, 0.29) is 18.4 Å². The van der Waals surface area contributed by atoms with Gasteiger partial charge in [0.25, 0.3) is 0 Å². The van der Waals surface area contributed by atoms with Crippen LogP contribution in [0.2, 0.25) is 0 Å². The number of benzene rings is 1. The van der Waals surface area contributed by atoms with Crippen molar-refractivity contribution in [1.82, 2.24) is 19.8 Å². The Balaban J connectivity index is 1.99. The molecule has 10 heteroatoms. The lowest BCUT2D eigenvalue weighted by atomic mass is 10.0. The quantitative estimate of drug-likeness (QED) is 0.496. The number of halogens is 1. The Morgan fingerprint density at radius 2 is 2.10 bits per heavy atom. The summed E-state index contributed by atoms with van der Waals surface area (Å²) in [6.45, 7) is 2.35. The maximum Gasteiger partial charge on any atom is 0.329 e. The maximum absolute atomic E-state index is 13.3. The molecule has 0 saturated carbocycles. The molecule has 1 saturated heterocycles. The molecule has 30 heavy (non-hydrogen) atoms. The van der Waals surface area contributed by atoms with Crippen LogP contribution in [-0.2, 0) is 19.1 Å². The Morgan fingerprint density at radius 1 is 1.37 bits per heavy atom. The first-order valence-electron chi connectivity index (χ1n) is 9.57. The summed E-state index contributed by atoms with van der Waals surface area (Å²) in [5.41, 5.74) is 1.36. The number of hydrogen-bond donors (Lipinski definition) is 2. The number of imidazole rings is 1. The average molecular weight is 420 g/mol. The zero-order chi connectivity index (χ0) is 21.7. The normalized spacial score (nSPS) is 19.1. The molecule has 2 N–H and O–H groups in total. The minimum atomic E-state index is -0.918. The van der Waals surface area contributed by atoms with Crippen LogP contribution in [0.1, 0.15) is 30.3 Å². The van der Waals surface area contributed by atoms with Crippen LogP contribution in [0, 0.1) is 5.82 Å². The molecule has 0 spiro atoms. The lowest BCUT2D eigenvalue weighted by molar-refractivity contribution is -0.163. The fourth-order valence-corrected chi connectivity index (χ4v) is 3.70. The van der Waals surface area contributed by atoms with Gasteiger partial charge in [-0.3, -0.25) is 9.69 Å². The first-order chi connectivity index (χ1) is 14.5. The zero-order valence-electron chi connectivity index (χ0n) is 16.8. The molecule has 0 radical (unpaired) electrons. The van der Waals surface area contributed by atoms with Gasteiger partial charge in [0.2, 0.25) is 0 Å². The van der Waals surface area contributed by atoms with Crippen molar-refractivity contribution >= 4 is 11.9 Å². The number of aliphatic hydroxyl groups excluding tert-OH is 1. The Kier molecular flexibility index (Phi) is 7.14. The molecule has 3 rings (SSSR count). The van der Waals surface area contributed by atoms with E-state index in [1.807, 2.05) is 6.92 Å². The van der Waals surface area contributed by atoms with Gasteiger partial charge in [0.15, 0.2) is 12.8 Å². The number of hydrogen-bond acceptors (Lipinski definition) is 8. The summed E-state index contributed by atoms with van der Waals surface area (Å²) in [6.07, 6.45) is 3.14. The number of aliphatic hydroxyl groups is 1. The standard InChI is InChI=1S/C20H25FN4O5/c1-13(14-3-5-15(21)6-4-14)25-11-23-9-16(25)18(20(28)29-2)24-8-7-22-10-17(24)19(27)30-12-26/h3-6,9,11,13,17-18,22,26H,7-8,10,12H2,1-2H3/t13-,17?,18?/m1/s1. The van der Waals surface area contributed by atoms with E-state index in [1.54, 1.807) is 34.1 Å². The van der Waals surface area contributed by atoms with Gasteiger partial charge in [0.1, 0.15) is 11.9 Å². The van der Waals surface area contributed by atoms with Crippen LogP contribution in [0.3, 0.4) is 0 Å². The number of aromatic nitrogens is 2. The van der Waals surface area contributed by atoms with Crippen LogP contribution in [0.4, 0.5) is 4.39 Å². The molecular weight excluding hydrogens is 395 g/mol. The minimum absolute atomic E-state index is 0.249. The molecule has 162 valence electrons. The highest BCUT2D eigenvalue weighted by molar-refractivity contribution is 5.80. The van der Waals surface area contributed by atoms with Crippen molar-refractivity contribution < 1.29 is 28.6 Å². The smallest absolute Gasteiger partial charge is 0.329 e. The molecule has 1 aliphatic rings. The molecule has 1 fully saturated rings. The minimum Gasteiger partial charge on any atom is -0.468 e. The van der Waals surface area contributed by atoms with E-state index in [1.165, 1.54) is 19.2 Å². The summed E-state index contributed by atoms with van der Waals surface area (Å²) in [7, 11) is 1.28. The molecule has 1 aliphatic heterocycles. The molecular formula is C20H25FN4O5. The van der Waals surface area contributed by atoms with E-state index < -0.39 is 30.8 Å². The molecule has 0 bridgehead atoms. The van der Waals surface area contributed by atoms with Crippen molar-refractivity contribution in [3.05, 3.63) is 53.9 Å². The highest BCUT2D eigenvalue weighted by Gasteiger charge is 2.41. The Labute approximate surface area is 173 Å². The second-order valence-electron chi connectivity index (χ2n) is 6.93. The van der Waals surface area contributed by atoms with Gasteiger partial charge in [0.05, 0.1) is 31.4 Å². The summed E-state index contributed by atoms with van der Waals surface area (Å²) in [6, 6.07) is 4.13. The summed E-state index contributed by atoms with van der Waals surface area (Å²) >= 11 is 0. The maximum atomic E-state index is 13.3. The van der Waals surface area contributed by atoms with Crippen LogP contribution >= 0.6 is 0 Å². The number of ether oxygens (including phenoxy) is 2. The monoisotopic (exact) mass is 420 g/mol. The summed E-state index contributed by atoms with van der Waals surface area (Å²) in [5.74, 6) is -1.53. The number of carbonyl (C=O) groups is 2. The lowest BCUT2D eigenvalue weighted by Gasteiger charge is -2.39. The van der Waals surface area contributed by atoms with Crippen LogP contribution in [0.15, 0.2) is 36.8 Å². The number of methoxy groups -OCH3 is 1. The van der Waals surface area contributed by atoms with Crippen LogP contribution < -0.4 is 5.32 Å². The van der Waals surface area contributed by atoms with Crippen molar-refractivity contribution in [2.45, 2.75) is 25.0 Å². The summed E-state index contributed by atoms with van der Waals surface area (Å²) < 4.78 is 24.9. The SMILES string of the molecule is COC(=O)C(c1cncn1[C@H](C)c1ccc(F)cc1)N1CCNCC1C(=O)OCO. The summed E-state index contributed by atoms with van der Waals surface area (Å²) in [5, 5.41) is 12.1. The van der Waals surface area contributed by atoms with Gasteiger partial charge in [-0.15, -0.1) is 0 Å². The first kappa shape index (κ1) is 21.9. The Hall–Kier alpha value is -2.82. The molecule has 1 aromatic heterocycles. The van der Waals surface area contributed by atoms with Gasteiger partial charge in [-0.2, -0.15) is 0 Å². The molecule has 2 unspecified atom stereocenters. The predicted molar refractivity (Wildman–Crippen MR) is 104 cm³/mol. The van der Waals surface area contributed by atoms with Gasteiger partial charge in [0, 0.05) is 19.6 Å². The molecule has 9 nitrogen and oxygen atoms in total. The van der Waals surface area contributed by atoms with Crippen molar-refractivity contribution in [2.24, 2.45) is 0 Å². The topological polar surface area (TPSA) is 106 Å². The lowest BCUT2D eigenvalue weighted by Crippen LogP contribution is -2.58. The fraction of sp³-hybridized carbons (Fsp3) is 0.450. The number of rotatable bonds is 7. The number of nitrogens with one attached hydrogen (secondary N) is 1. The Morgan fingerprint density at radius 3 is 2.77 bits per heavy atom. The highest BCUT2D eigenvalue weighted by atomic mass is 19.1. The second kappa shape index (κ2) is 9.79. The van der Waals surface area contributed by atoms with E-state index in [2.05, 4.69) is 10.3 Å². The van der Waals surface area contributed by atoms with E-state index in [0.29, 0.717) is 18.8 Å². The molecule has 0 aliphatic carbocycles.